The molecule has 0 spiro atoms. The second kappa shape index (κ2) is 12.4. The Morgan fingerprint density at radius 3 is 2.62 bits per heavy atom. The van der Waals surface area contributed by atoms with Crippen molar-refractivity contribution in [3.63, 3.8) is 0 Å². The van der Waals surface area contributed by atoms with Gasteiger partial charge in [0.2, 0.25) is 0 Å². The van der Waals surface area contributed by atoms with Crippen LogP contribution in [0, 0.1) is 13.8 Å². The lowest BCUT2D eigenvalue weighted by Gasteiger charge is -2.27. The Balaban J connectivity index is 1.56. The molecule has 0 radical (unpaired) electrons. The zero-order valence-electron chi connectivity index (χ0n) is 20.0. The van der Waals surface area contributed by atoms with Gasteiger partial charge >= 0.3 is 0 Å². The van der Waals surface area contributed by atoms with Crippen molar-refractivity contribution in [3.8, 4) is 0 Å². The number of likely N-dealkylation sites (N-methyl/N-ethyl adjacent to an activating group) is 1. The standard InChI is InChI=1S/C23H38N8O/c1-5-31(21-8-6-7-19(2)17-21)12-10-25-23(24-9-11-30-13-15-32-16-14-30)26-18-22-28-27-20(3)29(22)4/h6-8,17H,5,9-16,18H2,1-4H3,(H2,24,25,26). The fourth-order valence-electron chi connectivity index (χ4n) is 3.67. The molecule has 1 aromatic heterocycles. The summed E-state index contributed by atoms with van der Waals surface area (Å²) >= 11 is 0. The number of aromatic nitrogens is 3. The molecule has 3 rings (SSSR count). The molecule has 1 aliphatic rings. The van der Waals surface area contributed by atoms with Gasteiger partial charge in [0, 0.05) is 58.5 Å². The van der Waals surface area contributed by atoms with E-state index in [4.69, 9.17) is 9.73 Å². The van der Waals surface area contributed by atoms with E-state index >= 15 is 0 Å². The van der Waals surface area contributed by atoms with E-state index in [0.29, 0.717) is 6.54 Å². The molecular formula is C23H38N8O. The maximum absolute atomic E-state index is 5.44. The Bertz CT molecular complexity index is 859. The highest BCUT2D eigenvalue weighted by atomic mass is 16.5. The number of anilines is 1. The van der Waals surface area contributed by atoms with Gasteiger partial charge in [-0.25, -0.2) is 4.99 Å². The van der Waals surface area contributed by atoms with Crippen molar-refractivity contribution >= 4 is 11.6 Å². The van der Waals surface area contributed by atoms with Gasteiger partial charge in [0.1, 0.15) is 12.4 Å². The van der Waals surface area contributed by atoms with Crippen molar-refractivity contribution in [2.45, 2.75) is 27.3 Å². The van der Waals surface area contributed by atoms with Crippen LogP contribution in [-0.4, -0.2) is 84.7 Å². The van der Waals surface area contributed by atoms with Gasteiger partial charge < -0.3 is 24.8 Å². The van der Waals surface area contributed by atoms with Gasteiger partial charge in [-0.2, -0.15) is 0 Å². The van der Waals surface area contributed by atoms with Crippen LogP contribution in [0.1, 0.15) is 24.1 Å². The molecule has 0 saturated carbocycles. The van der Waals surface area contributed by atoms with E-state index in [1.54, 1.807) is 0 Å². The second-order valence-electron chi connectivity index (χ2n) is 8.11. The minimum atomic E-state index is 0.486. The van der Waals surface area contributed by atoms with Crippen LogP contribution in [0.25, 0.3) is 0 Å². The Morgan fingerprint density at radius 2 is 1.94 bits per heavy atom. The average Bonchev–Trinajstić information content (AvgIpc) is 3.12. The first-order chi connectivity index (χ1) is 15.6. The molecule has 1 saturated heterocycles. The van der Waals surface area contributed by atoms with Gasteiger partial charge in [0.25, 0.3) is 0 Å². The summed E-state index contributed by atoms with van der Waals surface area (Å²) < 4.78 is 7.42. The Morgan fingerprint density at radius 1 is 1.16 bits per heavy atom. The third-order valence-corrected chi connectivity index (χ3v) is 5.81. The number of ether oxygens (including phenoxy) is 1. The van der Waals surface area contributed by atoms with Gasteiger partial charge in [-0.15, -0.1) is 10.2 Å². The summed E-state index contributed by atoms with van der Waals surface area (Å²) in [6, 6.07) is 8.65. The van der Waals surface area contributed by atoms with Crippen molar-refractivity contribution in [1.29, 1.82) is 0 Å². The van der Waals surface area contributed by atoms with E-state index in [2.05, 4.69) is 68.7 Å². The molecule has 0 aliphatic carbocycles. The number of aryl methyl sites for hydroxylation is 2. The van der Waals surface area contributed by atoms with E-state index in [-0.39, 0.29) is 0 Å². The highest BCUT2D eigenvalue weighted by Crippen LogP contribution is 2.15. The average molecular weight is 443 g/mol. The predicted molar refractivity (Wildman–Crippen MR) is 129 cm³/mol. The third-order valence-electron chi connectivity index (χ3n) is 5.81. The number of aliphatic imine (C=N–C) groups is 1. The molecule has 1 aromatic carbocycles. The number of hydrogen-bond donors (Lipinski definition) is 2. The largest absolute Gasteiger partial charge is 0.379 e. The number of guanidine groups is 1. The molecule has 1 aliphatic heterocycles. The highest BCUT2D eigenvalue weighted by Gasteiger charge is 2.11. The number of benzene rings is 1. The fourth-order valence-corrected chi connectivity index (χ4v) is 3.67. The zero-order chi connectivity index (χ0) is 22.8. The summed E-state index contributed by atoms with van der Waals surface area (Å²) in [7, 11) is 1.97. The molecule has 2 heterocycles. The molecule has 2 N–H and O–H groups in total. The number of morpholine rings is 1. The zero-order valence-corrected chi connectivity index (χ0v) is 20.0. The monoisotopic (exact) mass is 442 g/mol. The van der Waals surface area contributed by atoms with Crippen LogP contribution in [-0.2, 0) is 18.3 Å². The molecular weight excluding hydrogens is 404 g/mol. The first kappa shape index (κ1) is 24.0. The van der Waals surface area contributed by atoms with Gasteiger partial charge in [-0.3, -0.25) is 4.90 Å². The smallest absolute Gasteiger partial charge is 0.191 e. The summed E-state index contributed by atoms with van der Waals surface area (Å²) in [5.74, 6) is 2.55. The van der Waals surface area contributed by atoms with Gasteiger partial charge in [0.05, 0.1) is 13.2 Å². The molecule has 2 aromatic rings. The van der Waals surface area contributed by atoms with Crippen molar-refractivity contribution in [3.05, 3.63) is 41.5 Å². The SMILES string of the molecule is CCN(CCNC(=NCc1nnc(C)n1C)NCCN1CCOCC1)c1cccc(C)c1. The normalized spacial score (nSPS) is 15.1. The molecule has 0 bridgehead atoms. The van der Waals surface area contributed by atoms with Crippen molar-refractivity contribution in [2.75, 3.05) is 63.9 Å². The van der Waals surface area contributed by atoms with Crippen molar-refractivity contribution in [1.82, 2.24) is 30.3 Å². The molecule has 0 atom stereocenters. The van der Waals surface area contributed by atoms with Crippen LogP contribution < -0.4 is 15.5 Å². The van der Waals surface area contributed by atoms with E-state index in [1.165, 1.54) is 11.3 Å². The van der Waals surface area contributed by atoms with Crippen LogP contribution in [0.4, 0.5) is 5.69 Å². The molecule has 0 amide bonds. The Labute approximate surface area is 191 Å². The van der Waals surface area contributed by atoms with Gasteiger partial charge in [0.15, 0.2) is 11.8 Å². The Hall–Kier alpha value is -2.65. The van der Waals surface area contributed by atoms with Crippen molar-refractivity contribution in [2.24, 2.45) is 12.0 Å². The summed E-state index contributed by atoms with van der Waals surface area (Å²) in [5.41, 5.74) is 2.53. The maximum Gasteiger partial charge on any atom is 0.191 e. The first-order valence-corrected chi connectivity index (χ1v) is 11.6. The molecule has 0 unspecified atom stereocenters. The summed E-state index contributed by atoms with van der Waals surface area (Å²) in [5, 5.41) is 15.3. The van der Waals surface area contributed by atoms with E-state index < -0.39 is 0 Å². The lowest BCUT2D eigenvalue weighted by atomic mass is 10.2. The molecule has 32 heavy (non-hydrogen) atoms. The van der Waals surface area contributed by atoms with Crippen LogP contribution >= 0.6 is 0 Å². The van der Waals surface area contributed by atoms with Gasteiger partial charge in [-0.05, 0) is 38.5 Å². The summed E-state index contributed by atoms with van der Waals surface area (Å²) in [4.78, 5) is 9.56. The summed E-state index contributed by atoms with van der Waals surface area (Å²) in [6.07, 6.45) is 0. The first-order valence-electron chi connectivity index (χ1n) is 11.6. The van der Waals surface area contributed by atoms with Crippen LogP contribution in [0.3, 0.4) is 0 Å². The quantitative estimate of drug-likeness (QED) is 0.424. The minimum absolute atomic E-state index is 0.486. The predicted octanol–water partition coefficient (Wildman–Crippen LogP) is 1.33. The van der Waals surface area contributed by atoms with E-state index in [0.717, 1.165) is 76.6 Å². The van der Waals surface area contributed by atoms with Crippen molar-refractivity contribution < 1.29 is 4.74 Å². The van der Waals surface area contributed by atoms with Crippen LogP contribution in [0.15, 0.2) is 29.3 Å². The highest BCUT2D eigenvalue weighted by molar-refractivity contribution is 5.79. The van der Waals surface area contributed by atoms with Crippen LogP contribution in [0.2, 0.25) is 0 Å². The fraction of sp³-hybridized carbons (Fsp3) is 0.609. The third kappa shape index (κ3) is 7.20. The summed E-state index contributed by atoms with van der Waals surface area (Å²) in [6.45, 7) is 14.8. The molecule has 9 heteroatoms. The minimum Gasteiger partial charge on any atom is -0.379 e. The van der Waals surface area contributed by atoms with E-state index in [9.17, 15) is 0 Å². The molecule has 9 nitrogen and oxygen atoms in total. The Kier molecular flexibility index (Phi) is 9.30. The van der Waals surface area contributed by atoms with Gasteiger partial charge in [-0.1, -0.05) is 12.1 Å². The number of rotatable bonds is 10. The number of hydrogen-bond acceptors (Lipinski definition) is 6. The maximum atomic E-state index is 5.44. The topological polar surface area (TPSA) is 82.8 Å². The molecule has 1 fully saturated rings. The van der Waals surface area contributed by atoms with E-state index in [1.807, 2.05) is 18.5 Å². The second-order valence-corrected chi connectivity index (χ2v) is 8.11. The lowest BCUT2D eigenvalue weighted by molar-refractivity contribution is 0.0389. The number of nitrogens with one attached hydrogen (secondary N) is 2. The van der Waals surface area contributed by atoms with Crippen LogP contribution in [0.5, 0.6) is 0 Å². The number of nitrogens with zero attached hydrogens (tertiary/aromatic N) is 6. The molecule has 176 valence electrons. The lowest BCUT2D eigenvalue weighted by Crippen LogP contribution is -2.46.